The molecule has 0 saturated heterocycles. The number of aliphatic carboxylic acids is 1. The van der Waals surface area contributed by atoms with Crippen LogP contribution < -0.4 is 17.2 Å². The number of amides is 1. The van der Waals surface area contributed by atoms with Crippen molar-refractivity contribution in [3.05, 3.63) is 0 Å². The molecular weight excluding hydrogens is 254 g/mol. The molecule has 1 atom stereocenters. The lowest BCUT2D eigenvalue weighted by molar-refractivity contribution is -0.138. The molecule has 0 bridgehead atoms. The van der Waals surface area contributed by atoms with Gasteiger partial charge in [0.15, 0.2) is 0 Å². The highest BCUT2D eigenvalue weighted by atomic mass is 32.2. The van der Waals surface area contributed by atoms with E-state index in [1.54, 1.807) is 0 Å². The van der Waals surface area contributed by atoms with Gasteiger partial charge >= 0.3 is 5.97 Å². The van der Waals surface area contributed by atoms with Crippen LogP contribution >= 0.6 is 0 Å². The van der Waals surface area contributed by atoms with Crippen LogP contribution in [0, 0.1) is 0 Å². The zero-order valence-electron chi connectivity index (χ0n) is 9.07. The Morgan fingerprint density at radius 3 is 1.94 bits per heavy atom. The lowest BCUT2D eigenvalue weighted by Crippen LogP contribution is -2.31. The van der Waals surface area contributed by atoms with E-state index in [9.17, 15) is 18.0 Å². The van der Waals surface area contributed by atoms with Crippen LogP contribution in [0.2, 0.25) is 0 Å². The van der Waals surface area contributed by atoms with Crippen LogP contribution in [0.3, 0.4) is 0 Å². The first kappa shape index (κ1) is 18.1. The summed E-state index contributed by atoms with van der Waals surface area (Å²) in [6.07, 6.45) is 0.123. The summed E-state index contributed by atoms with van der Waals surface area (Å²) in [5.74, 6) is -1.99. The molecule has 0 aromatic carbocycles. The van der Waals surface area contributed by atoms with Gasteiger partial charge in [-0.1, -0.05) is 0 Å². The maximum Gasteiger partial charge on any atom is 0.320 e. The third-order valence-electron chi connectivity index (χ3n) is 1.39. The molecule has 0 radical (unpaired) electrons. The molecule has 1 unspecified atom stereocenters. The van der Waals surface area contributed by atoms with E-state index in [1.165, 1.54) is 0 Å². The molecule has 0 aromatic heterocycles. The van der Waals surface area contributed by atoms with E-state index in [1.807, 2.05) is 0 Å². The number of carboxylic acids is 1. The van der Waals surface area contributed by atoms with E-state index in [4.69, 9.17) is 26.9 Å². The summed E-state index contributed by atoms with van der Waals surface area (Å²) < 4.78 is 27.3. The minimum Gasteiger partial charge on any atom is -0.480 e. The highest BCUT2D eigenvalue weighted by Gasteiger charge is 2.11. The second kappa shape index (κ2) is 8.87. The average molecular weight is 271 g/mol. The summed E-state index contributed by atoms with van der Waals surface area (Å²) >= 11 is 0. The molecule has 0 aliphatic rings. The minimum absolute atomic E-state index is 0.0213. The van der Waals surface area contributed by atoms with Crippen molar-refractivity contribution in [3.8, 4) is 0 Å². The van der Waals surface area contributed by atoms with Crippen molar-refractivity contribution in [3.63, 3.8) is 0 Å². The van der Waals surface area contributed by atoms with Gasteiger partial charge in [0.05, 0.1) is 5.75 Å². The molecule has 0 aliphatic heterocycles. The van der Waals surface area contributed by atoms with Gasteiger partial charge in [0.1, 0.15) is 6.04 Å². The largest absolute Gasteiger partial charge is 0.480 e. The molecule has 9 nitrogen and oxygen atoms in total. The highest BCUT2D eigenvalue weighted by molar-refractivity contribution is 7.85. The molecule has 0 spiro atoms. The van der Waals surface area contributed by atoms with Crippen LogP contribution in [0.4, 0.5) is 0 Å². The fourth-order valence-electron chi connectivity index (χ4n) is 0.570. The van der Waals surface area contributed by atoms with Gasteiger partial charge in [0.25, 0.3) is 10.1 Å². The van der Waals surface area contributed by atoms with Crippen LogP contribution in [0.5, 0.6) is 0 Å². The third-order valence-corrected chi connectivity index (χ3v) is 2.15. The van der Waals surface area contributed by atoms with E-state index < -0.39 is 28.0 Å². The number of nitrogens with two attached hydrogens (primary N) is 3. The Morgan fingerprint density at radius 2 is 1.76 bits per heavy atom. The van der Waals surface area contributed by atoms with Crippen molar-refractivity contribution in [2.24, 2.45) is 17.2 Å². The van der Waals surface area contributed by atoms with Crippen molar-refractivity contribution in [1.29, 1.82) is 0 Å². The van der Waals surface area contributed by atoms with Gasteiger partial charge in [0, 0.05) is 13.0 Å². The summed E-state index contributed by atoms with van der Waals surface area (Å²) in [5.41, 5.74) is 14.6. The maximum absolute atomic E-state index is 10.1. The van der Waals surface area contributed by atoms with Gasteiger partial charge in [0.2, 0.25) is 5.91 Å². The van der Waals surface area contributed by atoms with Gasteiger partial charge in [-0.15, -0.1) is 0 Å². The smallest absolute Gasteiger partial charge is 0.320 e. The van der Waals surface area contributed by atoms with Gasteiger partial charge in [-0.05, 0) is 6.42 Å². The predicted molar refractivity (Wildman–Crippen MR) is 59.5 cm³/mol. The third kappa shape index (κ3) is 17.4. The summed E-state index contributed by atoms with van der Waals surface area (Å²) in [5, 5.41) is 8.22. The Kier molecular flexibility index (Phi) is 9.47. The van der Waals surface area contributed by atoms with Gasteiger partial charge in [-0.2, -0.15) is 8.42 Å². The van der Waals surface area contributed by atoms with Crippen molar-refractivity contribution in [2.75, 3.05) is 12.3 Å². The number of carbonyl (C=O) groups excluding carboxylic acids is 1. The van der Waals surface area contributed by atoms with Crippen molar-refractivity contribution < 1.29 is 27.7 Å². The number of rotatable bonds is 6. The normalized spacial score (nSPS) is 12.2. The molecule has 0 aliphatic carbocycles. The number of hydrogen-bond acceptors (Lipinski definition) is 6. The molecular formula is C7H17N3O6S. The lowest BCUT2D eigenvalue weighted by Gasteiger charge is -2.01. The monoisotopic (exact) mass is 271 g/mol. The quantitative estimate of drug-likeness (QED) is 0.327. The Labute approximate surface area is 98.7 Å². The van der Waals surface area contributed by atoms with E-state index >= 15 is 0 Å². The molecule has 0 saturated carbocycles. The number of carbonyl (C=O) groups is 2. The molecule has 10 heteroatoms. The van der Waals surface area contributed by atoms with E-state index in [2.05, 4.69) is 0 Å². The van der Waals surface area contributed by atoms with Crippen molar-refractivity contribution >= 4 is 22.0 Å². The van der Waals surface area contributed by atoms with Crippen LogP contribution in [-0.4, -0.2) is 48.3 Å². The predicted octanol–water partition coefficient (Wildman–Crippen LogP) is -2.50. The van der Waals surface area contributed by atoms with Crippen LogP contribution in [0.25, 0.3) is 0 Å². The molecule has 1 amide bonds. The Morgan fingerprint density at radius 1 is 1.29 bits per heavy atom. The Bertz CT molecular complexity index is 342. The van der Waals surface area contributed by atoms with Gasteiger partial charge in [-0.3, -0.25) is 14.1 Å². The number of carboxylic acid groups (broad SMARTS) is 1. The summed E-state index contributed by atoms with van der Waals surface area (Å²) in [6.45, 7) is -0.0289. The fourth-order valence-corrected chi connectivity index (χ4v) is 0.868. The summed E-state index contributed by atoms with van der Waals surface area (Å²) in [4.78, 5) is 20.1. The Hall–Kier alpha value is -1.23. The van der Waals surface area contributed by atoms with Crippen LogP contribution in [0.15, 0.2) is 0 Å². The molecule has 0 fully saturated rings. The SMILES string of the molecule is NC(=O)CCC(N)C(=O)O.NCCS(=O)(=O)O. The summed E-state index contributed by atoms with van der Waals surface area (Å²) in [7, 11) is -3.80. The fraction of sp³-hybridized carbons (Fsp3) is 0.714. The molecule has 17 heavy (non-hydrogen) atoms. The van der Waals surface area contributed by atoms with Crippen LogP contribution in [0.1, 0.15) is 12.8 Å². The van der Waals surface area contributed by atoms with E-state index in [-0.39, 0.29) is 25.1 Å². The second-order valence-electron chi connectivity index (χ2n) is 3.02. The standard InChI is InChI=1S/C5H10N2O3.C2H7NO3S/c6-3(5(9)10)1-2-4(7)8;3-1-2-7(4,5)6/h3H,1-2,6H2,(H2,7,8)(H,9,10);1-3H2,(H,4,5,6). The second-order valence-corrected chi connectivity index (χ2v) is 4.60. The average Bonchev–Trinajstić information content (AvgIpc) is 2.12. The molecule has 0 aromatic rings. The topological polar surface area (TPSA) is 187 Å². The van der Waals surface area contributed by atoms with Gasteiger partial charge < -0.3 is 22.3 Å². The highest BCUT2D eigenvalue weighted by Crippen LogP contribution is 1.92. The van der Waals surface area contributed by atoms with Crippen LogP contribution in [-0.2, 0) is 19.7 Å². The first-order valence-corrected chi connectivity index (χ1v) is 6.13. The van der Waals surface area contributed by atoms with Gasteiger partial charge in [-0.25, -0.2) is 0 Å². The molecule has 8 N–H and O–H groups in total. The first-order valence-electron chi connectivity index (χ1n) is 4.52. The first-order chi connectivity index (χ1) is 7.60. The molecule has 0 heterocycles. The zero-order valence-corrected chi connectivity index (χ0v) is 9.89. The molecule has 102 valence electrons. The Balaban J connectivity index is 0. The van der Waals surface area contributed by atoms with E-state index in [0.717, 1.165) is 0 Å². The molecule has 0 rings (SSSR count). The zero-order chi connectivity index (χ0) is 14.1. The number of primary amides is 1. The van der Waals surface area contributed by atoms with Crippen molar-refractivity contribution in [1.82, 2.24) is 0 Å². The van der Waals surface area contributed by atoms with E-state index in [0.29, 0.717) is 0 Å². The number of hydrogen-bond donors (Lipinski definition) is 5. The van der Waals surface area contributed by atoms with Crippen molar-refractivity contribution in [2.45, 2.75) is 18.9 Å². The minimum atomic E-state index is -3.80. The maximum atomic E-state index is 10.1. The summed E-state index contributed by atoms with van der Waals surface area (Å²) in [6, 6.07) is -0.979. The lowest BCUT2D eigenvalue weighted by atomic mass is 10.2.